The van der Waals surface area contributed by atoms with E-state index in [2.05, 4.69) is 10.6 Å². The number of rotatable bonds is 6. The number of hydrogen-bond donors (Lipinski definition) is 3. The number of amides is 1. The molecular weight excluding hydrogens is 344 g/mol. The zero-order chi connectivity index (χ0) is 19.2. The van der Waals surface area contributed by atoms with Gasteiger partial charge in [0, 0.05) is 11.3 Å². The summed E-state index contributed by atoms with van der Waals surface area (Å²) in [5.41, 5.74) is 3.37. The molecule has 2 aromatic rings. The first-order valence-corrected chi connectivity index (χ1v) is 9.10. The molecule has 3 N–H and O–H groups in total. The molecule has 6 heteroatoms. The molecule has 6 nitrogen and oxygen atoms in total. The molecule has 0 spiro atoms. The van der Waals surface area contributed by atoms with Gasteiger partial charge in [0.15, 0.2) is 6.61 Å². The number of carbonyl (C=O) groups is 2. The second-order valence-corrected chi connectivity index (χ2v) is 6.76. The van der Waals surface area contributed by atoms with Gasteiger partial charge < -0.3 is 20.5 Å². The normalized spacial score (nSPS) is 14.6. The van der Waals surface area contributed by atoms with Gasteiger partial charge in [-0.05, 0) is 80.2 Å². The van der Waals surface area contributed by atoms with Crippen LogP contribution in [0.2, 0.25) is 0 Å². The van der Waals surface area contributed by atoms with Crippen molar-refractivity contribution >= 4 is 17.6 Å². The maximum Gasteiger partial charge on any atom is 0.341 e. The van der Waals surface area contributed by atoms with E-state index in [0.29, 0.717) is 22.9 Å². The van der Waals surface area contributed by atoms with E-state index in [1.807, 2.05) is 31.2 Å². The van der Waals surface area contributed by atoms with Gasteiger partial charge in [0.25, 0.3) is 5.91 Å². The number of hydrogen-bond acceptors (Lipinski definition) is 4. The third-order valence-corrected chi connectivity index (χ3v) is 4.79. The van der Waals surface area contributed by atoms with Crippen LogP contribution in [0.4, 0.5) is 5.69 Å². The van der Waals surface area contributed by atoms with E-state index in [1.165, 1.54) is 5.56 Å². The van der Waals surface area contributed by atoms with Gasteiger partial charge in [-0.25, -0.2) is 4.79 Å². The Hall–Kier alpha value is -2.86. The summed E-state index contributed by atoms with van der Waals surface area (Å²) in [6.07, 6.45) is 2.25. The zero-order valence-electron chi connectivity index (χ0n) is 15.3. The highest BCUT2D eigenvalue weighted by molar-refractivity contribution is 6.04. The number of carboxylic acids is 1. The average Bonchev–Trinajstić information content (AvgIpc) is 2.69. The molecule has 1 aliphatic heterocycles. The standard InChI is InChI=1S/C21H24N2O4/c1-14-12-18(27-13-20(24)25)6-7-19(14)23-21(26)17-4-2-15(3-5-17)16-8-10-22-11-9-16/h2-7,12,16,22H,8-11,13H2,1H3,(H,23,26)(H,24,25). The Morgan fingerprint density at radius 2 is 1.85 bits per heavy atom. The van der Waals surface area contributed by atoms with E-state index in [0.717, 1.165) is 31.5 Å². The predicted octanol–water partition coefficient (Wildman–Crippen LogP) is 3.18. The summed E-state index contributed by atoms with van der Waals surface area (Å²) >= 11 is 0. The number of carbonyl (C=O) groups excluding carboxylic acids is 1. The van der Waals surface area contributed by atoms with E-state index in [1.54, 1.807) is 18.2 Å². The summed E-state index contributed by atoms with van der Waals surface area (Å²) < 4.78 is 5.15. The molecule has 0 radical (unpaired) electrons. The van der Waals surface area contributed by atoms with Gasteiger partial charge in [-0.2, -0.15) is 0 Å². The first-order valence-electron chi connectivity index (χ1n) is 9.10. The Labute approximate surface area is 158 Å². The van der Waals surface area contributed by atoms with Gasteiger partial charge in [-0.1, -0.05) is 12.1 Å². The fourth-order valence-electron chi connectivity index (χ4n) is 3.27. The van der Waals surface area contributed by atoms with E-state index < -0.39 is 12.6 Å². The van der Waals surface area contributed by atoms with E-state index >= 15 is 0 Å². The molecule has 1 fully saturated rings. The summed E-state index contributed by atoms with van der Waals surface area (Å²) in [5, 5.41) is 14.9. The van der Waals surface area contributed by atoms with Crippen LogP contribution in [0.5, 0.6) is 5.75 Å². The number of benzene rings is 2. The van der Waals surface area contributed by atoms with Gasteiger partial charge >= 0.3 is 5.97 Å². The molecule has 0 atom stereocenters. The van der Waals surface area contributed by atoms with Crippen molar-refractivity contribution in [3.05, 3.63) is 59.2 Å². The number of nitrogens with one attached hydrogen (secondary N) is 2. The van der Waals surface area contributed by atoms with Gasteiger partial charge in [0.1, 0.15) is 5.75 Å². The predicted molar refractivity (Wildman–Crippen MR) is 104 cm³/mol. The Balaban J connectivity index is 1.63. The van der Waals surface area contributed by atoms with Crippen LogP contribution in [0.1, 0.15) is 40.2 Å². The van der Waals surface area contributed by atoms with Crippen LogP contribution < -0.4 is 15.4 Å². The number of aliphatic carboxylic acids is 1. The van der Waals surface area contributed by atoms with E-state index in [4.69, 9.17) is 9.84 Å². The molecule has 0 aromatic heterocycles. The minimum atomic E-state index is -1.03. The monoisotopic (exact) mass is 368 g/mol. The summed E-state index contributed by atoms with van der Waals surface area (Å²) in [6.45, 7) is 3.52. The molecule has 1 amide bonds. The highest BCUT2D eigenvalue weighted by Crippen LogP contribution is 2.26. The van der Waals surface area contributed by atoms with E-state index in [9.17, 15) is 9.59 Å². The van der Waals surface area contributed by atoms with Crippen LogP contribution >= 0.6 is 0 Å². The molecule has 0 unspecified atom stereocenters. The fraction of sp³-hybridized carbons (Fsp3) is 0.333. The molecule has 1 heterocycles. The molecular formula is C21H24N2O4. The SMILES string of the molecule is Cc1cc(OCC(=O)O)ccc1NC(=O)c1ccc(C2CCNCC2)cc1. The maximum absolute atomic E-state index is 12.5. The van der Waals surface area contributed by atoms with Gasteiger partial charge in [0.05, 0.1) is 0 Å². The molecule has 0 saturated carbocycles. The smallest absolute Gasteiger partial charge is 0.341 e. The minimum absolute atomic E-state index is 0.172. The van der Waals surface area contributed by atoms with Crippen molar-refractivity contribution in [1.82, 2.24) is 5.32 Å². The molecule has 2 aromatic carbocycles. The lowest BCUT2D eigenvalue weighted by molar-refractivity contribution is -0.139. The fourth-order valence-corrected chi connectivity index (χ4v) is 3.27. The Morgan fingerprint density at radius 3 is 2.48 bits per heavy atom. The molecule has 1 aliphatic rings. The largest absolute Gasteiger partial charge is 0.482 e. The Bertz CT molecular complexity index is 811. The second kappa shape index (κ2) is 8.68. The first-order chi connectivity index (χ1) is 13.0. The van der Waals surface area contributed by atoms with Crippen molar-refractivity contribution in [2.24, 2.45) is 0 Å². The van der Waals surface area contributed by atoms with Crippen molar-refractivity contribution in [2.45, 2.75) is 25.7 Å². The van der Waals surface area contributed by atoms with Crippen LogP contribution in [0, 0.1) is 6.92 Å². The molecule has 0 aliphatic carbocycles. The number of anilines is 1. The summed E-state index contributed by atoms with van der Waals surface area (Å²) in [4.78, 5) is 23.1. The number of carboxylic acid groups (broad SMARTS) is 1. The number of ether oxygens (including phenoxy) is 1. The van der Waals surface area contributed by atoms with Crippen molar-refractivity contribution < 1.29 is 19.4 Å². The highest BCUT2D eigenvalue weighted by atomic mass is 16.5. The lowest BCUT2D eigenvalue weighted by atomic mass is 9.90. The van der Waals surface area contributed by atoms with Crippen LogP contribution in [0.3, 0.4) is 0 Å². The van der Waals surface area contributed by atoms with Crippen molar-refractivity contribution in [3.63, 3.8) is 0 Å². The van der Waals surface area contributed by atoms with Crippen molar-refractivity contribution in [1.29, 1.82) is 0 Å². The van der Waals surface area contributed by atoms with Crippen LogP contribution in [-0.2, 0) is 4.79 Å². The van der Waals surface area contributed by atoms with Crippen LogP contribution in [0.25, 0.3) is 0 Å². The van der Waals surface area contributed by atoms with Gasteiger partial charge in [-0.15, -0.1) is 0 Å². The molecule has 27 heavy (non-hydrogen) atoms. The number of piperidine rings is 1. The average molecular weight is 368 g/mol. The molecule has 142 valence electrons. The molecule has 3 rings (SSSR count). The highest BCUT2D eigenvalue weighted by Gasteiger charge is 2.16. The lowest BCUT2D eigenvalue weighted by Gasteiger charge is -2.23. The summed E-state index contributed by atoms with van der Waals surface area (Å²) in [5.74, 6) is -0.185. The van der Waals surface area contributed by atoms with Crippen LogP contribution in [0.15, 0.2) is 42.5 Å². The quantitative estimate of drug-likeness (QED) is 0.729. The third kappa shape index (κ3) is 5.08. The number of aryl methyl sites for hydroxylation is 1. The van der Waals surface area contributed by atoms with E-state index in [-0.39, 0.29) is 5.91 Å². The maximum atomic E-state index is 12.5. The van der Waals surface area contributed by atoms with Crippen molar-refractivity contribution in [2.75, 3.05) is 25.0 Å². The topological polar surface area (TPSA) is 87.7 Å². The molecule has 0 bridgehead atoms. The van der Waals surface area contributed by atoms with Crippen molar-refractivity contribution in [3.8, 4) is 5.75 Å². The first kappa shape index (κ1) is 18.9. The lowest BCUT2D eigenvalue weighted by Crippen LogP contribution is -2.26. The zero-order valence-corrected chi connectivity index (χ0v) is 15.3. The second-order valence-electron chi connectivity index (χ2n) is 6.76. The summed E-state index contributed by atoms with van der Waals surface area (Å²) in [6, 6.07) is 12.9. The summed E-state index contributed by atoms with van der Waals surface area (Å²) in [7, 11) is 0. The van der Waals surface area contributed by atoms with Crippen LogP contribution in [-0.4, -0.2) is 36.7 Å². The Kier molecular flexibility index (Phi) is 6.08. The third-order valence-electron chi connectivity index (χ3n) is 4.79. The van der Waals surface area contributed by atoms with Gasteiger partial charge in [0.2, 0.25) is 0 Å². The van der Waals surface area contributed by atoms with Gasteiger partial charge in [-0.3, -0.25) is 4.79 Å². The minimum Gasteiger partial charge on any atom is -0.482 e. The Morgan fingerprint density at radius 1 is 1.15 bits per heavy atom. The molecule has 1 saturated heterocycles.